The van der Waals surface area contributed by atoms with E-state index >= 15 is 0 Å². The zero-order valence-electron chi connectivity index (χ0n) is 10.2. The summed E-state index contributed by atoms with van der Waals surface area (Å²) in [7, 11) is 0. The number of halogens is 3. The Bertz CT molecular complexity index is 484. The van der Waals surface area contributed by atoms with Crippen molar-refractivity contribution in [3.8, 4) is 0 Å². The molecule has 0 aliphatic heterocycles. The highest BCUT2D eigenvalue weighted by molar-refractivity contribution is 6.34. The quantitative estimate of drug-likeness (QED) is 0.492. The second kappa shape index (κ2) is 6.21. The maximum absolute atomic E-state index is 12.4. The van der Waals surface area contributed by atoms with Crippen LogP contribution in [0.4, 0.5) is 13.2 Å². The Hall–Kier alpha value is -2.05. The van der Waals surface area contributed by atoms with Crippen molar-refractivity contribution in [2.75, 3.05) is 6.54 Å². The monoisotopic (exact) mass is 274 g/mol. The summed E-state index contributed by atoms with van der Waals surface area (Å²) in [4.78, 5) is 10.4. The SMILES string of the molecule is CC(=NNCCc1cccc(C(F)(F)F)c1)C(=O)O. The van der Waals surface area contributed by atoms with E-state index in [9.17, 15) is 18.0 Å². The van der Waals surface area contributed by atoms with E-state index in [1.165, 1.54) is 13.0 Å². The van der Waals surface area contributed by atoms with Crippen molar-refractivity contribution in [1.29, 1.82) is 0 Å². The summed E-state index contributed by atoms with van der Waals surface area (Å²) in [5.74, 6) is -1.15. The second-order valence-corrected chi connectivity index (χ2v) is 3.86. The van der Waals surface area contributed by atoms with Gasteiger partial charge in [-0.25, -0.2) is 4.79 Å². The normalized spacial score (nSPS) is 12.3. The van der Waals surface area contributed by atoms with Gasteiger partial charge in [-0.2, -0.15) is 18.3 Å². The van der Waals surface area contributed by atoms with Crippen LogP contribution < -0.4 is 5.43 Å². The molecule has 2 N–H and O–H groups in total. The van der Waals surface area contributed by atoms with E-state index in [0.29, 0.717) is 12.0 Å². The number of carboxylic acid groups (broad SMARTS) is 1. The minimum atomic E-state index is -4.36. The van der Waals surface area contributed by atoms with Crippen LogP contribution in [0.1, 0.15) is 18.1 Å². The van der Waals surface area contributed by atoms with Crippen molar-refractivity contribution in [3.63, 3.8) is 0 Å². The molecule has 0 radical (unpaired) electrons. The summed E-state index contributed by atoms with van der Waals surface area (Å²) in [5.41, 5.74) is 2.20. The van der Waals surface area contributed by atoms with Crippen LogP contribution in [0.5, 0.6) is 0 Å². The maximum Gasteiger partial charge on any atom is 0.416 e. The molecule has 4 nitrogen and oxygen atoms in total. The van der Waals surface area contributed by atoms with Gasteiger partial charge in [0, 0.05) is 6.54 Å². The lowest BCUT2D eigenvalue weighted by Gasteiger charge is -2.08. The molecule has 0 saturated heterocycles. The molecule has 1 aromatic rings. The smallest absolute Gasteiger partial charge is 0.416 e. The highest BCUT2D eigenvalue weighted by Gasteiger charge is 2.30. The maximum atomic E-state index is 12.4. The van der Waals surface area contributed by atoms with Crippen molar-refractivity contribution < 1.29 is 23.1 Å². The van der Waals surface area contributed by atoms with Crippen LogP contribution >= 0.6 is 0 Å². The van der Waals surface area contributed by atoms with Gasteiger partial charge >= 0.3 is 12.1 Å². The molecule has 0 unspecified atom stereocenters. The molecule has 1 rings (SSSR count). The van der Waals surface area contributed by atoms with Crippen LogP contribution in [-0.4, -0.2) is 23.3 Å². The summed E-state index contributed by atoms with van der Waals surface area (Å²) >= 11 is 0. The lowest BCUT2D eigenvalue weighted by molar-refractivity contribution is -0.137. The molecule has 104 valence electrons. The molecule has 1 aromatic carbocycles. The third-order valence-corrected chi connectivity index (χ3v) is 2.34. The lowest BCUT2D eigenvalue weighted by atomic mass is 10.1. The van der Waals surface area contributed by atoms with E-state index in [-0.39, 0.29) is 12.3 Å². The standard InChI is InChI=1S/C12H13F3N2O2/c1-8(11(18)19)17-16-6-5-9-3-2-4-10(7-9)12(13,14)15/h2-4,7,16H,5-6H2,1H3,(H,18,19). The van der Waals surface area contributed by atoms with Gasteiger partial charge in [0.05, 0.1) is 5.56 Å². The van der Waals surface area contributed by atoms with Crippen LogP contribution in [0, 0.1) is 0 Å². The highest BCUT2D eigenvalue weighted by atomic mass is 19.4. The van der Waals surface area contributed by atoms with E-state index in [4.69, 9.17) is 5.11 Å². The fourth-order valence-electron chi connectivity index (χ4n) is 1.33. The predicted octanol–water partition coefficient (Wildman–Crippen LogP) is 2.30. The molecule has 0 fully saturated rings. The fraction of sp³-hybridized carbons (Fsp3) is 0.333. The molecule has 0 saturated carbocycles. The number of hydrogen-bond donors (Lipinski definition) is 2. The molecule has 0 spiro atoms. The first kappa shape index (κ1) is 15.0. The van der Waals surface area contributed by atoms with Gasteiger partial charge in [-0.3, -0.25) is 0 Å². The number of rotatable bonds is 5. The number of nitrogens with one attached hydrogen (secondary N) is 1. The molecular formula is C12H13F3N2O2. The summed E-state index contributed by atoms with van der Waals surface area (Å²) < 4.78 is 37.3. The van der Waals surface area contributed by atoms with Crippen LogP contribution in [0.15, 0.2) is 29.4 Å². The minimum Gasteiger partial charge on any atom is -0.477 e. The van der Waals surface area contributed by atoms with Crippen molar-refractivity contribution in [1.82, 2.24) is 5.43 Å². The lowest BCUT2D eigenvalue weighted by Crippen LogP contribution is -2.17. The van der Waals surface area contributed by atoms with E-state index in [0.717, 1.165) is 12.1 Å². The van der Waals surface area contributed by atoms with Gasteiger partial charge in [0.1, 0.15) is 5.71 Å². The second-order valence-electron chi connectivity index (χ2n) is 3.86. The highest BCUT2D eigenvalue weighted by Crippen LogP contribution is 2.29. The number of nitrogens with zero attached hydrogens (tertiary/aromatic N) is 1. The fourth-order valence-corrected chi connectivity index (χ4v) is 1.33. The molecule has 0 heterocycles. The summed E-state index contributed by atoms with van der Waals surface area (Å²) in [5, 5.41) is 12.1. The van der Waals surface area contributed by atoms with Crippen molar-refractivity contribution in [2.24, 2.45) is 5.10 Å². The number of aliphatic carboxylic acids is 1. The first-order valence-corrected chi connectivity index (χ1v) is 5.47. The number of carboxylic acids is 1. The Kier molecular flexibility index (Phi) is 4.91. The first-order valence-electron chi connectivity index (χ1n) is 5.47. The summed E-state index contributed by atoms with van der Waals surface area (Å²) in [6.07, 6.45) is -4.04. The number of alkyl halides is 3. The van der Waals surface area contributed by atoms with Gasteiger partial charge < -0.3 is 10.5 Å². The Morgan fingerprint density at radius 2 is 2.11 bits per heavy atom. The first-order chi connectivity index (χ1) is 8.80. The van der Waals surface area contributed by atoms with Gasteiger partial charge in [-0.15, -0.1) is 0 Å². The molecule has 0 atom stereocenters. The van der Waals surface area contributed by atoms with Gasteiger partial charge in [0.25, 0.3) is 0 Å². The Balaban J connectivity index is 2.55. The summed E-state index contributed by atoms with van der Waals surface area (Å²) in [6, 6.07) is 4.98. The third kappa shape index (κ3) is 4.99. The van der Waals surface area contributed by atoms with Gasteiger partial charge in [-0.05, 0) is 25.0 Å². The van der Waals surface area contributed by atoms with Crippen molar-refractivity contribution in [2.45, 2.75) is 19.5 Å². The number of carbonyl (C=O) groups is 1. The molecule has 0 amide bonds. The van der Waals surface area contributed by atoms with Gasteiger partial charge in [0.15, 0.2) is 0 Å². The Labute approximate surface area is 107 Å². The van der Waals surface area contributed by atoms with Gasteiger partial charge in [0.2, 0.25) is 0 Å². The Morgan fingerprint density at radius 3 is 2.68 bits per heavy atom. The number of hydrogen-bond acceptors (Lipinski definition) is 3. The van der Waals surface area contributed by atoms with Crippen molar-refractivity contribution >= 4 is 11.7 Å². The largest absolute Gasteiger partial charge is 0.477 e. The zero-order valence-corrected chi connectivity index (χ0v) is 10.2. The van der Waals surface area contributed by atoms with Crippen LogP contribution in [0.3, 0.4) is 0 Å². The van der Waals surface area contributed by atoms with E-state index in [1.54, 1.807) is 6.07 Å². The molecular weight excluding hydrogens is 261 g/mol. The number of hydrazone groups is 1. The zero-order chi connectivity index (χ0) is 14.5. The van der Waals surface area contributed by atoms with Crippen LogP contribution in [0.25, 0.3) is 0 Å². The molecule has 0 aromatic heterocycles. The number of benzene rings is 1. The van der Waals surface area contributed by atoms with Gasteiger partial charge in [-0.1, -0.05) is 18.2 Å². The van der Waals surface area contributed by atoms with Crippen molar-refractivity contribution in [3.05, 3.63) is 35.4 Å². The van der Waals surface area contributed by atoms with Crippen LogP contribution in [-0.2, 0) is 17.4 Å². The molecule has 19 heavy (non-hydrogen) atoms. The van der Waals surface area contributed by atoms with E-state index in [2.05, 4.69) is 10.5 Å². The average molecular weight is 274 g/mol. The topological polar surface area (TPSA) is 61.7 Å². The molecule has 0 aliphatic carbocycles. The third-order valence-electron chi connectivity index (χ3n) is 2.34. The van der Waals surface area contributed by atoms with E-state index in [1.807, 2.05) is 0 Å². The predicted molar refractivity (Wildman–Crippen MR) is 63.9 cm³/mol. The molecule has 7 heteroatoms. The Morgan fingerprint density at radius 1 is 1.42 bits per heavy atom. The van der Waals surface area contributed by atoms with E-state index < -0.39 is 17.7 Å². The van der Waals surface area contributed by atoms with Crippen LogP contribution in [0.2, 0.25) is 0 Å². The minimum absolute atomic E-state index is 0.107. The molecule has 0 bridgehead atoms. The summed E-state index contributed by atoms with van der Waals surface area (Å²) in [6.45, 7) is 1.57. The average Bonchev–Trinajstić information content (AvgIpc) is 2.33. The molecule has 0 aliphatic rings.